The smallest absolute Gasteiger partial charge is 0.250 e. The molecule has 1 fully saturated rings. The molecule has 2 atom stereocenters. The molecule has 1 aliphatic rings. The van der Waals surface area contributed by atoms with E-state index in [4.69, 9.17) is 23.4 Å². The van der Waals surface area contributed by atoms with Crippen LogP contribution in [0.4, 0.5) is 0 Å². The molecule has 1 saturated heterocycles. The largest absolute Gasteiger partial charge is 0.497 e. The van der Waals surface area contributed by atoms with Crippen molar-refractivity contribution in [3.8, 4) is 28.6 Å². The van der Waals surface area contributed by atoms with E-state index >= 15 is 0 Å². The summed E-state index contributed by atoms with van der Waals surface area (Å²) in [6.07, 6.45) is 3.21. The van der Waals surface area contributed by atoms with Crippen molar-refractivity contribution in [2.45, 2.75) is 38.1 Å². The van der Waals surface area contributed by atoms with Gasteiger partial charge >= 0.3 is 0 Å². The van der Waals surface area contributed by atoms with Crippen LogP contribution in [0, 0.1) is 0 Å². The third-order valence-corrected chi connectivity index (χ3v) is 7.10. The number of benzene rings is 2. The zero-order valence-electron chi connectivity index (χ0n) is 24.3. The summed E-state index contributed by atoms with van der Waals surface area (Å²) in [5.74, 6) is 1.56. The first-order chi connectivity index (χ1) is 21.0. The average molecular weight is 591 g/mol. The second-order valence-electron chi connectivity index (χ2n) is 9.88. The Morgan fingerprint density at radius 1 is 1.07 bits per heavy atom. The van der Waals surface area contributed by atoms with E-state index in [9.17, 15) is 9.59 Å². The molecular formula is C30H34N6O7. The normalized spacial score (nSPS) is 15.1. The molecule has 5 rings (SSSR count). The predicted molar refractivity (Wildman–Crippen MR) is 153 cm³/mol. The van der Waals surface area contributed by atoms with Crippen molar-refractivity contribution in [1.29, 1.82) is 0 Å². The second-order valence-corrected chi connectivity index (χ2v) is 9.88. The summed E-state index contributed by atoms with van der Waals surface area (Å²) in [6, 6.07) is 14.8. The highest BCUT2D eigenvalue weighted by Gasteiger charge is 2.34. The Labute approximate surface area is 248 Å². The Bertz CT molecular complexity index is 1500. The van der Waals surface area contributed by atoms with Crippen LogP contribution >= 0.6 is 0 Å². The van der Waals surface area contributed by atoms with E-state index in [-0.39, 0.29) is 25.1 Å². The molecule has 0 radical (unpaired) electrons. The first-order valence-corrected chi connectivity index (χ1v) is 13.8. The molecule has 0 bridgehead atoms. The summed E-state index contributed by atoms with van der Waals surface area (Å²) in [5, 5.41) is 15.6. The number of methoxy groups -OCH3 is 3. The van der Waals surface area contributed by atoms with Gasteiger partial charge in [-0.15, -0.1) is 10.2 Å². The number of carbonyl (C=O) groups excluding carboxylic acids is 2. The number of aromatic nitrogens is 4. The minimum absolute atomic E-state index is 0.0683. The molecule has 4 aromatic rings. The molecule has 1 N–H and O–H groups in total. The van der Waals surface area contributed by atoms with Gasteiger partial charge < -0.3 is 33.6 Å². The molecule has 13 heteroatoms. The van der Waals surface area contributed by atoms with Gasteiger partial charge in [-0.05, 0) is 66.1 Å². The minimum Gasteiger partial charge on any atom is -0.497 e. The Balaban J connectivity index is 1.41. The lowest BCUT2D eigenvalue weighted by Gasteiger charge is -2.30. The van der Waals surface area contributed by atoms with Gasteiger partial charge in [0.2, 0.25) is 11.7 Å². The molecule has 2 amide bonds. The van der Waals surface area contributed by atoms with Gasteiger partial charge in [0.05, 0.1) is 33.7 Å². The lowest BCUT2D eigenvalue weighted by Crippen LogP contribution is -2.46. The highest BCUT2D eigenvalue weighted by molar-refractivity contribution is 5.88. The number of tetrazole rings is 1. The van der Waals surface area contributed by atoms with Crippen molar-refractivity contribution >= 4 is 11.8 Å². The molecule has 226 valence electrons. The molecule has 1 aliphatic heterocycles. The SMILES string of the molecule is COc1ccc(CN(C(=O)Cn2nnc(-c3ccc(OC)c(OC)c3)n2)[C@H](C(=O)NC[C@H]2CCCO2)c2ccco2)cc1. The standard InChI is InChI=1S/C30H34N6O7/c1-39-22-11-8-20(9-12-22)18-35(28(25-7-5-15-43-25)30(38)31-17-23-6-4-14-42-23)27(37)19-36-33-29(32-34-36)21-10-13-24(40-2)26(16-21)41-3/h5,7-13,15-16,23,28H,4,6,14,17-19H2,1-3H3,(H,31,38)/t23-,28+/m1/s1. The first-order valence-electron chi connectivity index (χ1n) is 13.8. The molecule has 0 aliphatic carbocycles. The van der Waals surface area contributed by atoms with Crippen LogP contribution in [-0.4, -0.2) is 77.5 Å². The van der Waals surface area contributed by atoms with Gasteiger partial charge in [-0.3, -0.25) is 9.59 Å². The van der Waals surface area contributed by atoms with Gasteiger partial charge in [0.15, 0.2) is 17.5 Å². The number of hydrogen-bond donors (Lipinski definition) is 1. The van der Waals surface area contributed by atoms with E-state index in [2.05, 4.69) is 20.7 Å². The molecular weight excluding hydrogens is 556 g/mol. The Kier molecular flexibility index (Phi) is 9.52. The Hall–Kier alpha value is -4.91. The molecule has 13 nitrogen and oxygen atoms in total. The fourth-order valence-electron chi connectivity index (χ4n) is 4.85. The summed E-state index contributed by atoms with van der Waals surface area (Å²) in [5.41, 5.74) is 1.42. The van der Waals surface area contributed by atoms with E-state index < -0.39 is 11.9 Å². The van der Waals surface area contributed by atoms with E-state index in [1.54, 1.807) is 56.7 Å². The van der Waals surface area contributed by atoms with Crippen LogP contribution in [0.1, 0.15) is 30.2 Å². The maximum absolute atomic E-state index is 14.0. The second kappa shape index (κ2) is 13.8. The van der Waals surface area contributed by atoms with Crippen molar-refractivity contribution < 1.29 is 33.0 Å². The Morgan fingerprint density at radius 2 is 1.88 bits per heavy atom. The molecule has 0 unspecified atom stereocenters. The van der Waals surface area contributed by atoms with E-state index in [1.165, 1.54) is 23.1 Å². The van der Waals surface area contributed by atoms with Crippen LogP contribution in [0.3, 0.4) is 0 Å². The zero-order chi connectivity index (χ0) is 30.2. The highest BCUT2D eigenvalue weighted by Crippen LogP contribution is 2.31. The van der Waals surface area contributed by atoms with Crippen LogP contribution in [0.15, 0.2) is 65.3 Å². The molecule has 3 heterocycles. The monoisotopic (exact) mass is 590 g/mol. The van der Waals surface area contributed by atoms with Crippen LogP contribution < -0.4 is 19.5 Å². The van der Waals surface area contributed by atoms with E-state index in [1.807, 2.05) is 12.1 Å². The van der Waals surface area contributed by atoms with Gasteiger partial charge in [0, 0.05) is 25.3 Å². The van der Waals surface area contributed by atoms with Crippen molar-refractivity contribution in [2.75, 3.05) is 34.5 Å². The number of amides is 2. The molecule has 2 aromatic carbocycles. The van der Waals surface area contributed by atoms with Gasteiger partial charge in [0.25, 0.3) is 5.91 Å². The maximum atomic E-state index is 14.0. The number of nitrogens with one attached hydrogen (secondary N) is 1. The van der Waals surface area contributed by atoms with E-state index in [0.717, 1.165) is 18.4 Å². The summed E-state index contributed by atoms with van der Waals surface area (Å²) in [4.78, 5) is 30.3. The molecule has 0 saturated carbocycles. The van der Waals surface area contributed by atoms with Crippen LogP contribution in [0.25, 0.3) is 11.4 Å². The minimum atomic E-state index is -1.06. The fourth-order valence-corrected chi connectivity index (χ4v) is 4.85. The summed E-state index contributed by atoms with van der Waals surface area (Å²) in [6.45, 7) is 0.839. The van der Waals surface area contributed by atoms with E-state index in [0.29, 0.717) is 47.5 Å². The van der Waals surface area contributed by atoms with Crippen molar-refractivity contribution in [2.24, 2.45) is 0 Å². The number of nitrogens with zero attached hydrogens (tertiary/aromatic N) is 5. The number of rotatable bonds is 13. The quantitative estimate of drug-likeness (QED) is 0.247. The zero-order valence-corrected chi connectivity index (χ0v) is 24.3. The lowest BCUT2D eigenvalue weighted by molar-refractivity contribution is -0.143. The van der Waals surface area contributed by atoms with Crippen LogP contribution in [0.5, 0.6) is 17.2 Å². The summed E-state index contributed by atoms with van der Waals surface area (Å²) >= 11 is 0. The van der Waals surface area contributed by atoms with Gasteiger partial charge in [-0.25, -0.2) is 0 Å². The molecule has 0 spiro atoms. The number of hydrogen-bond acceptors (Lipinski definition) is 10. The summed E-state index contributed by atoms with van der Waals surface area (Å²) in [7, 11) is 4.67. The van der Waals surface area contributed by atoms with Gasteiger partial charge in [-0.1, -0.05) is 12.1 Å². The maximum Gasteiger partial charge on any atom is 0.250 e. The highest BCUT2D eigenvalue weighted by atomic mass is 16.5. The topological polar surface area (TPSA) is 143 Å². The predicted octanol–water partition coefficient (Wildman–Crippen LogP) is 3.02. The molecule has 43 heavy (non-hydrogen) atoms. The van der Waals surface area contributed by atoms with Crippen molar-refractivity contribution in [1.82, 2.24) is 30.4 Å². The van der Waals surface area contributed by atoms with Crippen LogP contribution in [0.2, 0.25) is 0 Å². The van der Waals surface area contributed by atoms with Crippen molar-refractivity contribution in [3.63, 3.8) is 0 Å². The first kappa shape index (κ1) is 29.6. The fraction of sp³-hybridized carbons (Fsp3) is 0.367. The van der Waals surface area contributed by atoms with Gasteiger partial charge in [-0.2, -0.15) is 4.80 Å². The summed E-state index contributed by atoms with van der Waals surface area (Å²) < 4.78 is 27.3. The third kappa shape index (κ3) is 7.12. The number of furan rings is 1. The third-order valence-electron chi connectivity index (χ3n) is 7.10. The van der Waals surface area contributed by atoms with Crippen LogP contribution in [-0.2, 0) is 27.4 Å². The van der Waals surface area contributed by atoms with Gasteiger partial charge in [0.1, 0.15) is 18.1 Å². The Morgan fingerprint density at radius 3 is 2.56 bits per heavy atom. The number of carbonyl (C=O) groups is 2. The lowest BCUT2D eigenvalue weighted by atomic mass is 10.1. The number of ether oxygens (including phenoxy) is 4. The average Bonchev–Trinajstić information content (AvgIpc) is 3.84. The molecule has 2 aromatic heterocycles. The van der Waals surface area contributed by atoms with Crippen molar-refractivity contribution in [3.05, 3.63) is 72.2 Å².